The van der Waals surface area contributed by atoms with Gasteiger partial charge in [-0.25, -0.2) is 0 Å². The molecule has 0 spiro atoms. The molecule has 2 atom stereocenters. The third-order valence-corrected chi connectivity index (χ3v) is 3.51. The minimum absolute atomic E-state index is 0.162. The molecular formula is C15H21NO. The predicted octanol–water partition coefficient (Wildman–Crippen LogP) is 2.84. The molecule has 2 heteroatoms. The molecule has 1 aliphatic rings. The zero-order chi connectivity index (χ0) is 12.3. The van der Waals surface area contributed by atoms with Gasteiger partial charge in [0.1, 0.15) is 0 Å². The number of carbonyl (C=O) groups is 1. The van der Waals surface area contributed by atoms with Crippen LogP contribution in [0, 0.1) is 12.8 Å². The SMILES string of the molecule is Cc1cccc(CC(=O)NC2CCC(C)C2)c1. The second-order valence-corrected chi connectivity index (χ2v) is 5.35. The fraction of sp³-hybridized carbons (Fsp3) is 0.533. The molecule has 1 amide bonds. The summed E-state index contributed by atoms with van der Waals surface area (Å²) in [5.74, 6) is 0.925. The van der Waals surface area contributed by atoms with Crippen LogP contribution < -0.4 is 5.32 Å². The minimum atomic E-state index is 0.162. The van der Waals surface area contributed by atoms with Gasteiger partial charge in [-0.3, -0.25) is 4.79 Å². The normalized spacial score (nSPS) is 23.6. The summed E-state index contributed by atoms with van der Waals surface area (Å²) >= 11 is 0. The van der Waals surface area contributed by atoms with Crippen LogP contribution in [0.4, 0.5) is 0 Å². The van der Waals surface area contributed by atoms with Crippen LogP contribution in [-0.4, -0.2) is 11.9 Å². The maximum atomic E-state index is 11.9. The Morgan fingerprint density at radius 2 is 2.24 bits per heavy atom. The van der Waals surface area contributed by atoms with Crippen molar-refractivity contribution in [3.05, 3.63) is 35.4 Å². The first-order chi connectivity index (χ1) is 8.13. The van der Waals surface area contributed by atoms with Crippen molar-refractivity contribution in [3.8, 4) is 0 Å². The van der Waals surface area contributed by atoms with E-state index in [2.05, 4.69) is 31.3 Å². The van der Waals surface area contributed by atoms with Gasteiger partial charge in [0.25, 0.3) is 0 Å². The first-order valence-corrected chi connectivity index (χ1v) is 6.48. The highest BCUT2D eigenvalue weighted by Crippen LogP contribution is 2.24. The van der Waals surface area contributed by atoms with Crippen molar-refractivity contribution in [2.75, 3.05) is 0 Å². The number of nitrogens with one attached hydrogen (secondary N) is 1. The van der Waals surface area contributed by atoms with E-state index >= 15 is 0 Å². The van der Waals surface area contributed by atoms with Crippen molar-refractivity contribution in [2.45, 2.75) is 45.6 Å². The molecular weight excluding hydrogens is 210 g/mol. The Labute approximate surface area is 103 Å². The average molecular weight is 231 g/mol. The van der Waals surface area contributed by atoms with E-state index in [9.17, 15) is 4.79 Å². The van der Waals surface area contributed by atoms with Crippen molar-refractivity contribution in [2.24, 2.45) is 5.92 Å². The number of hydrogen-bond acceptors (Lipinski definition) is 1. The average Bonchev–Trinajstić information content (AvgIpc) is 2.63. The van der Waals surface area contributed by atoms with E-state index in [1.807, 2.05) is 12.1 Å². The highest BCUT2D eigenvalue weighted by atomic mass is 16.1. The van der Waals surface area contributed by atoms with E-state index in [4.69, 9.17) is 0 Å². The number of hydrogen-bond donors (Lipinski definition) is 1. The van der Waals surface area contributed by atoms with Gasteiger partial charge in [0.05, 0.1) is 6.42 Å². The van der Waals surface area contributed by atoms with Crippen LogP contribution in [0.25, 0.3) is 0 Å². The number of benzene rings is 1. The Morgan fingerprint density at radius 1 is 1.41 bits per heavy atom. The Bertz CT molecular complexity index is 400. The summed E-state index contributed by atoms with van der Waals surface area (Å²) < 4.78 is 0. The van der Waals surface area contributed by atoms with E-state index in [-0.39, 0.29) is 5.91 Å². The molecule has 0 heterocycles. The first-order valence-electron chi connectivity index (χ1n) is 6.48. The molecule has 0 radical (unpaired) electrons. The monoisotopic (exact) mass is 231 g/mol. The molecule has 0 aromatic heterocycles. The fourth-order valence-electron chi connectivity index (χ4n) is 2.62. The number of carbonyl (C=O) groups excluding carboxylic acids is 1. The number of rotatable bonds is 3. The highest BCUT2D eigenvalue weighted by molar-refractivity contribution is 5.78. The highest BCUT2D eigenvalue weighted by Gasteiger charge is 2.22. The second kappa shape index (κ2) is 5.35. The van der Waals surface area contributed by atoms with Crippen LogP contribution in [0.2, 0.25) is 0 Å². The smallest absolute Gasteiger partial charge is 0.224 e. The molecule has 1 aliphatic carbocycles. The van der Waals surface area contributed by atoms with Crippen molar-refractivity contribution in [1.82, 2.24) is 5.32 Å². The van der Waals surface area contributed by atoms with Crippen molar-refractivity contribution >= 4 is 5.91 Å². The van der Waals surface area contributed by atoms with Crippen molar-refractivity contribution in [1.29, 1.82) is 0 Å². The molecule has 1 aromatic carbocycles. The quantitative estimate of drug-likeness (QED) is 0.851. The molecule has 0 bridgehead atoms. The van der Waals surface area contributed by atoms with E-state index in [0.29, 0.717) is 12.5 Å². The van der Waals surface area contributed by atoms with Gasteiger partial charge in [-0.2, -0.15) is 0 Å². The summed E-state index contributed by atoms with van der Waals surface area (Å²) in [7, 11) is 0. The Hall–Kier alpha value is -1.31. The molecule has 2 unspecified atom stereocenters. The molecule has 17 heavy (non-hydrogen) atoms. The lowest BCUT2D eigenvalue weighted by atomic mass is 10.1. The summed E-state index contributed by atoms with van der Waals surface area (Å²) in [6, 6.07) is 8.57. The summed E-state index contributed by atoms with van der Waals surface area (Å²) in [4.78, 5) is 11.9. The summed E-state index contributed by atoms with van der Waals surface area (Å²) in [6.45, 7) is 4.31. The van der Waals surface area contributed by atoms with Crippen LogP contribution in [0.1, 0.15) is 37.3 Å². The molecule has 1 saturated carbocycles. The molecule has 1 aromatic rings. The van der Waals surface area contributed by atoms with Gasteiger partial charge in [0.2, 0.25) is 5.91 Å². The lowest BCUT2D eigenvalue weighted by molar-refractivity contribution is -0.121. The van der Waals surface area contributed by atoms with E-state index < -0.39 is 0 Å². The molecule has 0 saturated heterocycles. The van der Waals surface area contributed by atoms with Crippen molar-refractivity contribution < 1.29 is 4.79 Å². The van der Waals surface area contributed by atoms with Gasteiger partial charge in [-0.1, -0.05) is 36.8 Å². The first kappa shape index (κ1) is 12.2. The predicted molar refractivity (Wildman–Crippen MR) is 69.8 cm³/mol. The third-order valence-electron chi connectivity index (χ3n) is 3.51. The zero-order valence-corrected chi connectivity index (χ0v) is 10.7. The standard InChI is InChI=1S/C15H21NO/c1-11-4-3-5-13(8-11)10-15(17)16-14-7-6-12(2)9-14/h3-5,8,12,14H,6-7,9-10H2,1-2H3,(H,16,17). The van der Waals surface area contributed by atoms with Gasteiger partial charge >= 0.3 is 0 Å². The molecule has 1 fully saturated rings. The summed E-state index contributed by atoms with van der Waals surface area (Å²) in [5.41, 5.74) is 2.32. The molecule has 2 nitrogen and oxygen atoms in total. The van der Waals surface area contributed by atoms with Crippen LogP contribution in [0.5, 0.6) is 0 Å². The lowest BCUT2D eigenvalue weighted by Crippen LogP contribution is -2.34. The van der Waals surface area contributed by atoms with E-state index in [0.717, 1.165) is 24.3 Å². The Morgan fingerprint density at radius 3 is 2.88 bits per heavy atom. The molecule has 92 valence electrons. The molecule has 0 aliphatic heterocycles. The van der Waals surface area contributed by atoms with Gasteiger partial charge in [-0.15, -0.1) is 0 Å². The van der Waals surface area contributed by atoms with Gasteiger partial charge in [-0.05, 0) is 37.7 Å². The van der Waals surface area contributed by atoms with Gasteiger partial charge in [0.15, 0.2) is 0 Å². The topological polar surface area (TPSA) is 29.1 Å². The zero-order valence-electron chi connectivity index (χ0n) is 10.7. The summed E-state index contributed by atoms with van der Waals surface area (Å²) in [6.07, 6.45) is 4.03. The summed E-state index contributed by atoms with van der Waals surface area (Å²) in [5, 5.41) is 3.14. The van der Waals surface area contributed by atoms with Crippen LogP contribution >= 0.6 is 0 Å². The third kappa shape index (κ3) is 3.58. The van der Waals surface area contributed by atoms with Crippen LogP contribution in [0.3, 0.4) is 0 Å². The van der Waals surface area contributed by atoms with Gasteiger partial charge < -0.3 is 5.32 Å². The fourth-order valence-corrected chi connectivity index (χ4v) is 2.62. The second-order valence-electron chi connectivity index (χ2n) is 5.35. The Kier molecular flexibility index (Phi) is 3.82. The minimum Gasteiger partial charge on any atom is -0.353 e. The van der Waals surface area contributed by atoms with Crippen LogP contribution in [-0.2, 0) is 11.2 Å². The molecule has 1 N–H and O–H groups in total. The number of amides is 1. The van der Waals surface area contributed by atoms with Crippen LogP contribution in [0.15, 0.2) is 24.3 Å². The van der Waals surface area contributed by atoms with E-state index in [1.54, 1.807) is 0 Å². The lowest BCUT2D eigenvalue weighted by Gasteiger charge is -2.12. The van der Waals surface area contributed by atoms with Gasteiger partial charge in [0, 0.05) is 6.04 Å². The number of aryl methyl sites for hydroxylation is 1. The van der Waals surface area contributed by atoms with E-state index in [1.165, 1.54) is 12.0 Å². The molecule has 2 rings (SSSR count). The Balaban J connectivity index is 1.85. The maximum Gasteiger partial charge on any atom is 0.224 e. The largest absolute Gasteiger partial charge is 0.353 e. The maximum absolute atomic E-state index is 11.9. The van der Waals surface area contributed by atoms with Crippen molar-refractivity contribution in [3.63, 3.8) is 0 Å².